The number of hydrogen-bond donors (Lipinski definition) is 2. The van der Waals surface area contributed by atoms with Crippen molar-refractivity contribution in [3.05, 3.63) is 0 Å². The number of hydrogen-bond acceptors (Lipinski definition) is 3. The van der Waals surface area contributed by atoms with E-state index in [0.29, 0.717) is 12.1 Å². The molecule has 0 spiro atoms. The van der Waals surface area contributed by atoms with E-state index in [9.17, 15) is 4.79 Å². The molecular weight excluding hydrogens is 192 g/mol. The third-order valence-corrected chi connectivity index (χ3v) is 2.98. The van der Waals surface area contributed by atoms with E-state index in [2.05, 4.69) is 24.5 Å². The number of carbonyl (C=O) groups is 1. The van der Waals surface area contributed by atoms with Gasteiger partial charge in [0.25, 0.3) is 0 Å². The SMILES string of the molecule is CCC1NC(C)CCC1OCC(=O)NC. The molecule has 0 aromatic carbocycles. The first-order chi connectivity index (χ1) is 7.17. The van der Waals surface area contributed by atoms with Crippen LogP contribution in [-0.4, -0.2) is 37.7 Å². The molecule has 4 nitrogen and oxygen atoms in total. The standard InChI is InChI=1S/C11H22N2O2/c1-4-9-10(6-5-8(2)13-9)15-7-11(14)12-3/h8-10,13H,4-7H2,1-3H3,(H,12,14). The van der Waals surface area contributed by atoms with Crippen molar-refractivity contribution in [1.82, 2.24) is 10.6 Å². The van der Waals surface area contributed by atoms with Crippen molar-refractivity contribution < 1.29 is 9.53 Å². The van der Waals surface area contributed by atoms with Crippen LogP contribution in [0.2, 0.25) is 0 Å². The summed E-state index contributed by atoms with van der Waals surface area (Å²) in [6.07, 6.45) is 3.39. The number of carbonyl (C=O) groups excluding carboxylic acids is 1. The molecule has 1 aliphatic rings. The van der Waals surface area contributed by atoms with Crippen LogP contribution in [0.1, 0.15) is 33.1 Å². The van der Waals surface area contributed by atoms with Crippen LogP contribution in [0.4, 0.5) is 0 Å². The predicted octanol–water partition coefficient (Wildman–Crippen LogP) is 0.668. The van der Waals surface area contributed by atoms with Crippen molar-refractivity contribution >= 4 is 5.91 Å². The quantitative estimate of drug-likeness (QED) is 0.723. The third-order valence-electron chi connectivity index (χ3n) is 2.98. The first-order valence-electron chi connectivity index (χ1n) is 5.75. The molecule has 0 bridgehead atoms. The van der Waals surface area contributed by atoms with Gasteiger partial charge >= 0.3 is 0 Å². The summed E-state index contributed by atoms with van der Waals surface area (Å²) in [7, 11) is 1.63. The van der Waals surface area contributed by atoms with Crippen LogP contribution >= 0.6 is 0 Å². The maximum Gasteiger partial charge on any atom is 0.245 e. The topological polar surface area (TPSA) is 50.4 Å². The summed E-state index contributed by atoms with van der Waals surface area (Å²) in [4.78, 5) is 11.1. The molecule has 0 aromatic heterocycles. The van der Waals surface area contributed by atoms with Gasteiger partial charge in [0.1, 0.15) is 6.61 Å². The lowest BCUT2D eigenvalue weighted by molar-refractivity contribution is -0.128. The summed E-state index contributed by atoms with van der Waals surface area (Å²) >= 11 is 0. The minimum Gasteiger partial charge on any atom is -0.367 e. The molecule has 3 unspecified atom stereocenters. The molecule has 1 saturated heterocycles. The molecule has 1 aliphatic heterocycles. The minimum atomic E-state index is -0.0523. The zero-order valence-electron chi connectivity index (χ0n) is 9.88. The highest BCUT2D eigenvalue weighted by Crippen LogP contribution is 2.18. The Morgan fingerprint density at radius 3 is 2.87 bits per heavy atom. The first kappa shape index (κ1) is 12.5. The van der Waals surface area contributed by atoms with Gasteiger partial charge in [-0.15, -0.1) is 0 Å². The van der Waals surface area contributed by atoms with Gasteiger partial charge in [0.05, 0.1) is 6.10 Å². The second-order valence-electron chi connectivity index (χ2n) is 4.18. The van der Waals surface area contributed by atoms with Crippen LogP contribution in [0.3, 0.4) is 0 Å². The molecule has 1 amide bonds. The van der Waals surface area contributed by atoms with Gasteiger partial charge in [0, 0.05) is 19.1 Å². The lowest BCUT2D eigenvalue weighted by Crippen LogP contribution is -2.50. The van der Waals surface area contributed by atoms with Crippen molar-refractivity contribution in [3.63, 3.8) is 0 Å². The van der Waals surface area contributed by atoms with Crippen LogP contribution in [-0.2, 0) is 9.53 Å². The van der Waals surface area contributed by atoms with Crippen molar-refractivity contribution in [3.8, 4) is 0 Å². The van der Waals surface area contributed by atoms with Gasteiger partial charge < -0.3 is 15.4 Å². The molecule has 1 fully saturated rings. The molecule has 1 heterocycles. The highest BCUT2D eigenvalue weighted by molar-refractivity contribution is 5.76. The van der Waals surface area contributed by atoms with Gasteiger partial charge in [-0.25, -0.2) is 0 Å². The fraction of sp³-hybridized carbons (Fsp3) is 0.909. The summed E-state index contributed by atoms with van der Waals surface area (Å²) in [6.45, 7) is 4.51. The number of amides is 1. The summed E-state index contributed by atoms with van der Waals surface area (Å²) in [6, 6.07) is 0.952. The minimum absolute atomic E-state index is 0.0523. The highest BCUT2D eigenvalue weighted by Gasteiger charge is 2.27. The molecule has 0 saturated carbocycles. The van der Waals surface area contributed by atoms with Crippen LogP contribution in [0.5, 0.6) is 0 Å². The Balaban J connectivity index is 2.35. The summed E-state index contributed by atoms with van der Waals surface area (Å²) in [5.74, 6) is -0.0523. The molecule has 2 N–H and O–H groups in total. The largest absolute Gasteiger partial charge is 0.367 e. The second-order valence-corrected chi connectivity index (χ2v) is 4.18. The third kappa shape index (κ3) is 3.80. The van der Waals surface area contributed by atoms with Crippen molar-refractivity contribution in [2.75, 3.05) is 13.7 Å². The van der Waals surface area contributed by atoms with Crippen LogP contribution in [0.25, 0.3) is 0 Å². The second kappa shape index (κ2) is 6.08. The van der Waals surface area contributed by atoms with Crippen LogP contribution < -0.4 is 10.6 Å². The monoisotopic (exact) mass is 214 g/mol. The van der Waals surface area contributed by atoms with Gasteiger partial charge in [-0.05, 0) is 26.2 Å². The number of rotatable bonds is 4. The highest BCUT2D eigenvalue weighted by atomic mass is 16.5. The van der Waals surface area contributed by atoms with E-state index in [-0.39, 0.29) is 18.6 Å². The van der Waals surface area contributed by atoms with E-state index in [0.717, 1.165) is 19.3 Å². The molecule has 15 heavy (non-hydrogen) atoms. The molecule has 0 radical (unpaired) electrons. The van der Waals surface area contributed by atoms with Gasteiger partial charge in [-0.2, -0.15) is 0 Å². The molecule has 0 aromatic rings. The zero-order valence-corrected chi connectivity index (χ0v) is 9.88. The molecule has 4 heteroatoms. The van der Waals surface area contributed by atoms with Gasteiger partial charge in [-0.1, -0.05) is 6.92 Å². The van der Waals surface area contributed by atoms with E-state index in [1.54, 1.807) is 7.05 Å². The molecule has 88 valence electrons. The Bertz CT molecular complexity index is 209. The first-order valence-corrected chi connectivity index (χ1v) is 5.75. The summed E-state index contributed by atoms with van der Waals surface area (Å²) in [5, 5.41) is 6.06. The lowest BCUT2D eigenvalue weighted by atomic mass is 9.95. The molecule has 3 atom stereocenters. The van der Waals surface area contributed by atoms with Crippen molar-refractivity contribution in [2.45, 2.75) is 51.3 Å². The van der Waals surface area contributed by atoms with Crippen LogP contribution in [0, 0.1) is 0 Å². The van der Waals surface area contributed by atoms with Crippen molar-refractivity contribution in [1.29, 1.82) is 0 Å². The van der Waals surface area contributed by atoms with E-state index in [1.165, 1.54) is 0 Å². The maximum atomic E-state index is 11.1. The van der Waals surface area contributed by atoms with Crippen molar-refractivity contribution in [2.24, 2.45) is 0 Å². The number of ether oxygens (including phenoxy) is 1. The number of likely N-dealkylation sites (N-methyl/N-ethyl adjacent to an activating group) is 1. The molecular formula is C11H22N2O2. The fourth-order valence-electron chi connectivity index (χ4n) is 2.01. The fourth-order valence-corrected chi connectivity index (χ4v) is 2.01. The lowest BCUT2D eigenvalue weighted by Gasteiger charge is -2.35. The maximum absolute atomic E-state index is 11.1. The zero-order chi connectivity index (χ0) is 11.3. The Morgan fingerprint density at radius 1 is 1.53 bits per heavy atom. The van der Waals surface area contributed by atoms with Gasteiger partial charge in [0.2, 0.25) is 5.91 Å². The number of nitrogens with one attached hydrogen (secondary N) is 2. The van der Waals surface area contributed by atoms with Gasteiger partial charge in [0.15, 0.2) is 0 Å². The summed E-state index contributed by atoms with van der Waals surface area (Å²) in [5.41, 5.74) is 0. The smallest absolute Gasteiger partial charge is 0.245 e. The van der Waals surface area contributed by atoms with Crippen LogP contribution in [0.15, 0.2) is 0 Å². The normalized spacial score (nSPS) is 31.3. The number of piperidine rings is 1. The van der Waals surface area contributed by atoms with E-state index >= 15 is 0 Å². The van der Waals surface area contributed by atoms with Gasteiger partial charge in [-0.3, -0.25) is 4.79 Å². The Labute approximate surface area is 91.8 Å². The predicted molar refractivity (Wildman–Crippen MR) is 59.7 cm³/mol. The summed E-state index contributed by atoms with van der Waals surface area (Å²) < 4.78 is 5.61. The average Bonchev–Trinajstić information content (AvgIpc) is 2.26. The Morgan fingerprint density at radius 2 is 2.27 bits per heavy atom. The molecule has 1 rings (SSSR count). The average molecular weight is 214 g/mol. The van der Waals surface area contributed by atoms with E-state index in [1.807, 2.05) is 0 Å². The Hall–Kier alpha value is -0.610. The van der Waals surface area contributed by atoms with E-state index < -0.39 is 0 Å². The van der Waals surface area contributed by atoms with E-state index in [4.69, 9.17) is 4.74 Å². The Kier molecular flexibility index (Phi) is 5.05. The molecule has 0 aliphatic carbocycles.